The topological polar surface area (TPSA) is 54.3 Å². The summed E-state index contributed by atoms with van der Waals surface area (Å²) in [5.74, 6) is 1.67. The summed E-state index contributed by atoms with van der Waals surface area (Å²) in [4.78, 5) is 0. The third-order valence-electron chi connectivity index (χ3n) is 3.02. The van der Waals surface area contributed by atoms with Gasteiger partial charge in [0.05, 0.1) is 24.3 Å². The van der Waals surface area contributed by atoms with Gasteiger partial charge in [0.2, 0.25) is 0 Å². The normalized spacial score (nSPS) is 15.6. The van der Waals surface area contributed by atoms with Crippen LogP contribution in [-0.2, 0) is 0 Å². The lowest BCUT2D eigenvalue weighted by Crippen LogP contribution is -2.24. The van der Waals surface area contributed by atoms with E-state index in [-0.39, 0.29) is 0 Å². The van der Waals surface area contributed by atoms with Crippen molar-refractivity contribution in [3.05, 3.63) is 22.7 Å². The molecule has 1 heterocycles. The highest BCUT2D eigenvalue weighted by Gasteiger charge is 2.19. The largest absolute Gasteiger partial charge is 0.489 e. The molecule has 1 N–H and O–H groups in total. The predicted octanol–water partition coefficient (Wildman–Crippen LogP) is 3.31. The first-order valence-electron chi connectivity index (χ1n) is 6.84. The average molecular weight is 295 g/mol. The molecular weight excluding hydrogens is 276 g/mol. The van der Waals surface area contributed by atoms with Crippen molar-refractivity contribution in [2.75, 3.05) is 19.8 Å². The lowest BCUT2D eigenvalue weighted by atomic mass is 10.1. The van der Waals surface area contributed by atoms with Gasteiger partial charge in [-0.15, -0.1) is 0 Å². The summed E-state index contributed by atoms with van der Waals surface area (Å²) in [5.41, 5.74) is 0.808. The van der Waals surface area contributed by atoms with E-state index in [1.165, 1.54) is 0 Å². The Balaban J connectivity index is 2.25. The molecule has 1 unspecified atom stereocenters. The Bertz CT molecular complexity index is 511. The number of hydrogen-bond acceptors (Lipinski definition) is 4. The first-order chi connectivity index (χ1) is 9.61. The number of halogens is 1. The SMILES string of the molecule is CC(C)CNC(C#N)c1cc(Cl)c2c(c1)OCCCO2. The van der Waals surface area contributed by atoms with Crippen molar-refractivity contribution in [1.82, 2.24) is 5.32 Å². The molecule has 0 fully saturated rings. The Hall–Kier alpha value is -1.44. The molecule has 20 heavy (non-hydrogen) atoms. The van der Waals surface area contributed by atoms with E-state index >= 15 is 0 Å². The molecule has 1 aliphatic heterocycles. The summed E-state index contributed by atoms with van der Waals surface area (Å²) in [6, 6.07) is 5.48. The van der Waals surface area contributed by atoms with Crippen molar-refractivity contribution in [3.8, 4) is 17.6 Å². The summed E-state index contributed by atoms with van der Waals surface area (Å²) in [7, 11) is 0. The molecule has 1 aliphatic rings. The lowest BCUT2D eigenvalue weighted by molar-refractivity contribution is 0.297. The molecule has 0 saturated carbocycles. The van der Waals surface area contributed by atoms with Gasteiger partial charge >= 0.3 is 0 Å². The van der Waals surface area contributed by atoms with E-state index in [1.54, 1.807) is 6.07 Å². The maximum Gasteiger partial charge on any atom is 0.179 e. The molecule has 108 valence electrons. The molecule has 0 aromatic heterocycles. The van der Waals surface area contributed by atoms with Gasteiger partial charge in [0.25, 0.3) is 0 Å². The van der Waals surface area contributed by atoms with E-state index in [9.17, 15) is 5.26 Å². The van der Waals surface area contributed by atoms with Crippen LogP contribution >= 0.6 is 11.6 Å². The zero-order valence-electron chi connectivity index (χ0n) is 11.8. The number of nitrogens with zero attached hydrogens (tertiary/aromatic N) is 1. The summed E-state index contributed by atoms with van der Waals surface area (Å²) < 4.78 is 11.2. The van der Waals surface area contributed by atoms with Crippen LogP contribution in [0.4, 0.5) is 0 Å². The fourth-order valence-electron chi connectivity index (χ4n) is 2.01. The Morgan fingerprint density at radius 2 is 2.10 bits per heavy atom. The van der Waals surface area contributed by atoms with Crippen LogP contribution in [0.25, 0.3) is 0 Å². The van der Waals surface area contributed by atoms with Gasteiger partial charge in [-0.1, -0.05) is 25.4 Å². The van der Waals surface area contributed by atoms with E-state index < -0.39 is 6.04 Å². The zero-order valence-corrected chi connectivity index (χ0v) is 12.5. The Kier molecular flexibility index (Phi) is 5.11. The fraction of sp³-hybridized carbons (Fsp3) is 0.533. The third-order valence-corrected chi connectivity index (χ3v) is 3.30. The minimum Gasteiger partial charge on any atom is -0.489 e. The second kappa shape index (κ2) is 6.83. The summed E-state index contributed by atoms with van der Waals surface area (Å²) in [6.45, 7) is 6.16. The van der Waals surface area contributed by atoms with Crippen molar-refractivity contribution in [3.63, 3.8) is 0 Å². The molecular formula is C15H19ClN2O2. The molecule has 2 rings (SSSR count). The van der Waals surface area contributed by atoms with Crippen molar-refractivity contribution in [2.45, 2.75) is 26.3 Å². The molecule has 4 nitrogen and oxygen atoms in total. The van der Waals surface area contributed by atoms with Crippen molar-refractivity contribution in [2.24, 2.45) is 5.92 Å². The van der Waals surface area contributed by atoms with Crippen LogP contribution in [0.5, 0.6) is 11.5 Å². The summed E-state index contributed by atoms with van der Waals surface area (Å²) in [6.07, 6.45) is 0.827. The van der Waals surface area contributed by atoms with Crippen LogP contribution in [0.1, 0.15) is 31.9 Å². The van der Waals surface area contributed by atoms with E-state index in [0.29, 0.717) is 35.7 Å². The Labute approximate surface area is 124 Å². The first-order valence-corrected chi connectivity index (χ1v) is 7.21. The van der Waals surface area contributed by atoms with Crippen LogP contribution in [-0.4, -0.2) is 19.8 Å². The Morgan fingerprint density at radius 1 is 1.35 bits per heavy atom. The number of hydrogen-bond donors (Lipinski definition) is 1. The average Bonchev–Trinajstić information content (AvgIpc) is 2.65. The van der Waals surface area contributed by atoms with Crippen LogP contribution < -0.4 is 14.8 Å². The minimum absolute atomic E-state index is 0.396. The molecule has 1 atom stereocenters. The molecule has 5 heteroatoms. The molecule has 0 bridgehead atoms. The third kappa shape index (κ3) is 3.56. The quantitative estimate of drug-likeness (QED) is 0.925. The van der Waals surface area contributed by atoms with Crippen LogP contribution in [0, 0.1) is 17.2 Å². The van der Waals surface area contributed by atoms with Gasteiger partial charge < -0.3 is 9.47 Å². The highest BCUT2D eigenvalue weighted by Crippen LogP contribution is 2.39. The predicted molar refractivity (Wildman–Crippen MR) is 78.3 cm³/mol. The molecule has 0 spiro atoms. The number of ether oxygens (including phenoxy) is 2. The maximum absolute atomic E-state index is 9.32. The molecule has 0 radical (unpaired) electrons. The fourth-order valence-corrected chi connectivity index (χ4v) is 2.28. The van der Waals surface area contributed by atoms with Gasteiger partial charge in [-0.3, -0.25) is 5.32 Å². The first kappa shape index (κ1) is 15.0. The Morgan fingerprint density at radius 3 is 2.80 bits per heavy atom. The summed E-state index contributed by atoms with van der Waals surface area (Å²) >= 11 is 6.24. The minimum atomic E-state index is -0.396. The van der Waals surface area contributed by atoms with Crippen LogP contribution in [0.2, 0.25) is 5.02 Å². The van der Waals surface area contributed by atoms with Crippen molar-refractivity contribution in [1.29, 1.82) is 5.26 Å². The number of nitrogens with one attached hydrogen (secondary N) is 1. The van der Waals surface area contributed by atoms with Gasteiger partial charge in [0.15, 0.2) is 11.5 Å². The van der Waals surface area contributed by atoms with Crippen LogP contribution in [0.15, 0.2) is 12.1 Å². The van der Waals surface area contributed by atoms with E-state index in [0.717, 1.165) is 18.5 Å². The highest BCUT2D eigenvalue weighted by atomic mass is 35.5. The number of nitriles is 1. The van der Waals surface area contributed by atoms with Crippen molar-refractivity contribution >= 4 is 11.6 Å². The molecule has 0 saturated heterocycles. The number of benzene rings is 1. The van der Waals surface area contributed by atoms with Gasteiger partial charge in [-0.2, -0.15) is 5.26 Å². The highest BCUT2D eigenvalue weighted by molar-refractivity contribution is 6.32. The van der Waals surface area contributed by atoms with E-state index in [1.807, 2.05) is 6.07 Å². The number of fused-ring (bicyclic) bond motifs is 1. The second-order valence-electron chi connectivity index (χ2n) is 5.24. The summed E-state index contributed by atoms with van der Waals surface area (Å²) in [5, 5.41) is 13.0. The monoisotopic (exact) mass is 294 g/mol. The van der Waals surface area contributed by atoms with Gasteiger partial charge in [-0.25, -0.2) is 0 Å². The lowest BCUT2D eigenvalue weighted by Gasteiger charge is -2.16. The smallest absolute Gasteiger partial charge is 0.179 e. The van der Waals surface area contributed by atoms with Crippen LogP contribution in [0.3, 0.4) is 0 Å². The maximum atomic E-state index is 9.32. The molecule has 0 aliphatic carbocycles. The van der Waals surface area contributed by atoms with Gasteiger partial charge in [0, 0.05) is 6.42 Å². The second-order valence-corrected chi connectivity index (χ2v) is 5.65. The number of rotatable bonds is 4. The van der Waals surface area contributed by atoms with E-state index in [2.05, 4.69) is 25.2 Å². The molecule has 0 amide bonds. The molecule has 1 aromatic rings. The molecule has 1 aromatic carbocycles. The van der Waals surface area contributed by atoms with Crippen molar-refractivity contribution < 1.29 is 9.47 Å². The van der Waals surface area contributed by atoms with E-state index in [4.69, 9.17) is 21.1 Å². The van der Waals surface area contributed by atoms with Gasteiger partial charge in [0.1, 0.15) is 6.04 Å². The standard InChI is InChI=1S/C15H19ClN2O2/c1-10(2)9-18-13(8-17)11-6-12(16)15-14(7-11)19-4-3-5-20-15/h6-7,10,13,18H,3-5,9H2,1-2H3. The zero-order chi connectivity index (χ0) is 14.5. The van der Waals surface area contributed by atoms with Gasteiger partial charge in [-0.05, 0) is 30.2 Å².